The number of benzene rings is 1. The summed E-state index contributed by atoms with van der Waals surface area (Å²) in [6.07, 6.45) is -0.601. The molecule has 3 N–H and O–H groups in total. The number of hydrogen-bond acceptors (Lipinski definition) is 3. The molecule has 1 rings (SSSR count). The van der Waals surface area contributed by atoms with Gasteiger partial charge in [-0.2, -0.15) is 0 Å². The standard InChI is InChI=1S/C9H7Br2NO4/c10-5-1-4(2-6(11)9(5)16)12-7(13)3-8(14)15/h1-2,16H,3H2,(H,12,13)(H,14,15). The Kier molecular flexibility index (Phi) is 4.31. The molecule has 0 aliphatic carbocycles. The molecule has 86 valence electrons. The number of phenolic OH excluding ortho intramolecular Hbond substituents is 1. The van der Waals surface area contributed by atoms with Crippen molar-refractivity contribution in [2.24, 2.45) is 0 Å². The van der Waals surface area contributed by atoms with Gasteiger partial charge in [0, 0.05) is 5.69 Å². The van der Waals surface area contributed by atoms with Crippen LogP contribution in [0.4, 0.5) is 5.69 Å². The lowest BCUT2D eigenvalue weighted by Gasteiger charge is -2.06. The Bertz CT molecular complexity index is 424. The highest BCUT2D eigenvalue weighted by atomic mass is 79.9. The fourth-order valence-corrected chi connectivity index (χ4v) is 2.17. The van der Waals surface area contributed by atoms with Crippen molar-refractivity contribution in [1.29, 1.82) is 0 Å². The number of carboxylic acids is 1. The van der Waals surface area contributed by atoms with Crippen molar-refractivity contribution >= 4 is 49.4 Å². The first kappa shape index (κ1) is 13.0. The van der Waals surface area contributed by atoms with Gasteiger partial charge in [-0.05, 0) is 44.0 Å². The van der Waals surface area contributed by atoms with Crippen LogP contribution in [0.3, 0.4) is 0 Å². The van der Waals surface area contributed by atoms with Crippen LogP contribution >= 0.6 is 31.9 Å². The van der Waals surface area contributed by atoms with Crippen molar-refractivity contribution < 1.29 is 19.8 Å². The maximum atomic E-state index is 11.1. The van der Waals surface area contributed by atoms with E-state index in [-0.39, 0.29) is 5.75 Å². The predicted molar refractivity (Wildman–Crippen MR) is 64.4 cm³/mol. The zero-order valence-electron chi connectivity index (χ0n) is 7.83. The first-order valence-corrected chi connectivity index (χ1v) is 5.68. The summed E-state index contributed by atoms with van der Waals surface area (Å²) < 4.78 is 0.792. The van der Waals surface area contributed by atoms with Gasteiger partial charge in [-0.1, -0.05) is 0 Å². The molecular weight excluding hydrogens is 346 g/mol. The van der Waals surface area contributed by atoms with E-state index in [0.29, 0.717) is 14.6 Å². The monoisotopic (exact) mass is 351 g/mol. The summed E-state index contributed by atoms with van der Waals surface area (Å²) in [4.78, 5) is 21.4. The molecule has 0 aromatic heterocycles. The maximum absolute atomic E-state index is 11.1. The van der Waals surface area contributed by atoms with Crippen molar-refractivity contribution in [2.45, 2.75) is 6.42 Å². The van der Waals surface area contributed by atoms with Gasteiger partial charge in [-0.15, -0.1) is 0 Å². The van der Waals surface area contributed by atoms with Crippen molar-refractivity contribution in [1.82, 2.24) is 0 Å². The number of carbonyl (C=O) groups is 2. The van der Waals surface area contributed by atoms with Gasteiger partial charge >= 0.3 is 5.97 Å². The van der Waals surface area contributed by atoms with E-state index < -0.39 is 18.3 Å². The average molecular weight is 353 g/mol. The van der Waals surface area contributed by atoms with Crippen molar-refractivity contribution in [2.75, 3.05) is 5.32 Å². The average Bonchev–Trinajstić information content (AvgIpc) is 2.12. The molecule has 0 saturated heterocycles. The molecule has 16 heavy (non-hydrogen) atoms. The topological polar surface area (TPSA) is 86.6 Å². The zero-order chi connectivity index (χ0) is 12.3. The molecule has 0 unspecified atom stereocenters. The number of amides is 1. The smallest absolute Gasteiger partial charge is 0.312 e. The van der Waals surface area contributed by atoms with E-state index in [0.717, 1.165) is 0 Å². The van der Waals surface area contributed by atoms with E-state index in [2.05, 4.69) is 37.2 Å². The molecule has 0 saturated carbocycles. The third-order valence-corrected chi connectivity index (χ3v) is 2.82. The van der Waals surface area contributed by atoms with Gasteiger partial charge in [0.05, 0.1) is 8.95 Å². The third-order valence-electron chi connectivity index (χ3n) is 1.61. The number of nitrogens with one attached hydrogen (secondary N) is 1. The number of carbonyl (C=O) groups excluding carboxylic acids is 1. The van der Waals surface area contributed by atoms with Gasteiger partial charge in [-0.25, -0.2) is 0 Å². The van der Waals surface area contributed by atoms with Crippen molar-refractivity contribution in [3.8, 4) is 5.75 Å². The largest absolute Gasteiger partial charge is 0.506 e. The summed E-state index contributed by atoms with van der Waals surface area (Å²) in [5.41, 5.74) is 0.391. The number of anilines is 1. The Labute approximate surface area is 108 Å². The van der Waals surface area contributed by atoms with E-state index in [9.17, 15) is 14.7 Å². The SMILES string of the molecule is O=C(O)CC(=O)Nc1cc(Br)c(O)c(Br)c1. The van der Waals surface area contributed by atoms with Gasteiger partial charge in [0.25, 0.3) is 0 Å². The minimum absolute atomic E-state index is 0.0104. The molecule has 0 atom stereocenters. The normalized spacial score (nSPS) is 9.88. The van der Waals surface area contributed by atoms with Crippen LogP contribution in [0.15, 0.2) is 21.1 Å². The highest BCUT2D eigenvalue weighted by Crippen LogP contribution is 2.35. The molecule has 0 aliphatic heterocycles. The summed E-state index contributed by atoms with van der Waals surface area (Å²) in [5.74, 6) is -1.82. The minimum Gasteiger partial charge on any atom is -0.506 e. The zero-order valence-corrected chi connectivity index (χ0v) is 11.0. The second-order valence-electron chi connectivity index (χ2n) is 2.91. The molecule has 1 aromatic rings. The minimum atomic E-state index is -1.20. The molecule has 0 aliphatic rings. The van der Waals surface area contributed by atoms with Crippen molar-refractivity contribution in [3.05, 3.63) is 21.1 Å². The predicted octanol–water partition coefficient (Wildman–Crippen LogP) is 2.33. The van der Waals surface area contributed by atoms with E-state index >= 15 is 0 Å². The van der Waals surface area contributed by atoms with Gasteiger partial charge in [0.15, 0.2) is 0 Å². The molecule has 1 aromatic carbocycles. The van der Waals surface area contributed by atoms with Crippen LogP contribution in [0, 0.1) is 0 Å². The maximum Gasteiger partial charge on any atom is 0.312 e. The fourth-order valence-electron chi connectivity index (χ4n) is 0.980. The molecule has 0 spiro atoms. The van der Waals surface area contributed by atoms with Crippen LogP contribution in [0.2, 0.25) is 0 Å². The summed E-state index contributed by atoms with van der Waals surface area (Å²) in [6, 6.07) is 2.94. The number of rotatable bonds is 3. The van der Waals surface area contributed by atoms with Gasteiger partial charge < -0.3 is 15.5 Å². The van der Waals surface area contributed by atoms with E-state index in [1.165, 1.54) is 12.1 Å². The summed E-state index contributed by atoms with van der Waals surface area (Å²) in [7, 11) is 0. The lowest BCUT2D eigenvalue weighted by atomic mass is 10.3. The summed E-state index contributed by atoms with van der Waals surface area (Å²) in [6.45, 7) is 0. The Hall–Kier alpha value is -1.08. The fraction of sp³-hybridized carbons (Fsp3) is 0.111. The molecule has 0 radical (unpaired) electrons. The Morgan fingerprint density at radius 2 is 1.75 bits per heavy atom. The number of phenols is 1. The summed E-state index contributed by atoms with van der Waals surface area (Å²) in [5, 5.41) is 20.2. The molecule has 7 heteroatoms. The van der Waals surface area contributed by atoms with Crippen LogP contribution in [-0.4, -0.2) is 22.1 Å². The number of aliphatic carboxylic acids is 1. The van der Waals surface area contributed by atoms with Crippen LogP contribution in [0.5, 0.6) is 5.75 Å². The second-order valence-corrected chi connectivity index (χ2v) is 4.62. The van der Waals surface area contributed by atoms with Crippen LogP contribution in [-0.2, 0) is 9.59 Å². The lowest BCUT2D eigenvalue weighted by molar-refractivity contribution is -0.139. The molecule has 0 heterocycles. The van der Waals surface area contributed by atoms with E-state index in [1.54, 1.807) is 0 Å². The number of halogens is 2. The first-order chi connectivity index (χ1) is 7.40. The molecule has 1 amide bonds. The van der Waals surface area contributed by atoms with E-state index in [1.807, 2.05) is 0 Å². The molecular formula is C9H7Br2NO4. The lowest BCUT2D eigenvalue weighted by Crippen LogP contribution is -2.15. The van der Waals surface area contributed by atoms with Crippen LogP contribution in [0.25, 0.3) is 0 Å². The first-order valence-electron chi connectivity index (χ1n) is 4.10. The van der Waals surface area contributed by atoms with Crippen LogP contribution in [0.1, 0.15) is 6.42 Å². The van der Waals surface area contributed by atoms with Gasteiger partial charge in [0.1, 0.15) is 12.2 Å². The number of hydrogen-bond donors (Lipinski definition) is 3. The molecule has 5 nitrogen and oxygen atoms in total. The number of carboxylic acid groups (broad SMARTS) is 1. The van der Waals surface area contributed by atoms with Gasteiger partial charge in [0.2, 0.25) is 5.91 Å². The van der Waals surface area contributed by atoms with E-state index in [4.69, 9.17) is 5.11 Å². The number of aromatic hydroxyl groups is 1. The van der Waals surface area contributed by atoms with Crippen LogP contribution < -0.4 is 5.32 Å². The molecule has 0 bridgehead atoms. The highest BCUT2D eigenvalue weighted by molar-refractivity contribution is 9.11. The Morgan fingerprint density at radius 3 is 2.19 bits per heavy atom. The highest BCUT2D eigenvalue weighted by Gasteiger charge is 2.10. The Morgan fingerprint density at radius 1 is 1.25 bits per heavy atom. The molecule has 0 fully saturated rings. The Balaban J connectivity index is 2.82. The second kappa shape index (κ2) is 5.31. The third kappa shape index (κ3) is 3.49. The quantitative estimate of drug-likeness (QED) is 0.575. The van der Waals surface area contributed by atoms with Gasteiger partial charge in [-0.3, -0.25) is 9.59 Å². The van der Waals surface area contributed by atoms with Crippen molar-refractivity contribution in [3.63, 3.8) is 0 Å². The summed E-state index contributed by atoms with van der Waals surface area (Å²) >= 11 is 6.18.